The lowest BCUT2D eigenvalue weighted by Crippen LogP contribution is -2.29. The molecule has 1 heterocycles. The fourth-order valence-electron chi connectivity index (χ4n) is 3.96. The number of epoxide rings is 1. The Balaban J connectivity index is 1.91. The molecular formula is C19H16O3. The molecule has 3 nitrogen and oxygen atoms in total. The van der Waals surface area contributed by atoms with Crippen molar-refractivity contribution in [3.05, 3.63) is 59.2 Å². The minimum absolute atomic E-state index is 0.0855. The molecule has 0 saturated carbocycles. The van der Waals surface area contributed by atoms with Crippen molar-refractivity contribution < 1.29 is 14.9 Å². The van der Waals surface area contributed by atoms with E-state index >= 15 is 0 Å². The highest BCUT2D eigenvalue weighted by Gasteiger charge is 2.54. The molecule has 0 radical (unpaired) electrons. The molecular weight excluding hydrogens is 276 g/mol. The SMILES string of the molecule is Cc1c2ccccc2cc2c3c(ccc12)C(O)C(O)[C@@H]1O[C@@H]31. The van der Waals surface area contributed by atoms with E-state index in [9.17, 15) is 10.2 Å². The average Bonchev–Trinajstić information content (AvgIpc) is 3.33. The number of benzene rings is 3. The van der Waals surface area contributed by atoms with E-state index in [1.807, 2.05) is 12.1 Å². The fraction of sp³-hybridized carbons (Fsp3) is 0.263. The van der Waals surface area contributed by atoms with E-state index in [0.717, 1.165) is 16.5 Å². The molecule has 3 aromatic rings. The largest absolute Gasteiger partial charge is 0.387 e. The summed E-state index contributed by atoms with van der Waals surface area (Å²) >= 11 is 0. The van der Waals surface area contributed by atoms with Crippen LogP contribution in [0, 0.1) is 6.92 Å². The van der Waals surface area contributed by atoms with Gasteiger partial charge in [-0.25, -0.2) is 0 Å². The highest BCUT2D eigenvalue weighted by molar-refractivity contribution is 6.04. The third-order valence-electron chi connectivity index (χ3n) is 5.18. The molecule has 2 aliphatic rings. The fourth-order valence-corrected chi connectivity index (χ4v) is 3.96. The van der Waals surface area contributed by atoms with Crippen LogP contribution < -0.4 is 0 Å². The summed E-state index contributed by atoms with van der Waals surface area (Å²) in [4.78, 5) is 0. The number of aliphatic hydroxyl groups is 2. The Morgan fingerprint density at radius 2 is 1.77 bits per heavy atom. The molecule has 0 amide bonds. The van der Waals surface area contributed by atoms with Crippen LogP contribution in [0.1, 0.15) is 28.9 Å². The van der Waals surface area contributed by atoms with E-state index < -0.39 is 12.2 Å². The van der Waals surface area contributed by atoms with E-state index in [4.69, 9.17) is 4.74 Å². The van der Waals surface area contributed by atoms with Gasteiger partial charge in [-0.3, -0.25) is 0 Å². The number of aliphatic hydroxyl groups excluding tert-OH is 2. The zero-order valence-electron chi connectivity index (χ0n) is 12.2. The van der Waals surface area contributed by atoms with Gasteiger partial charge in [0.1, 0.15) is 24.4 Å². The number of ether oxygens (including phenoxy) is 1. The van der Waals surface area contributed by atoms with Crippen molar-refractivity contribution in [1.29, 1.82) is 0 Å². The molecule has 3 aromatic carbocycles. The van der Waals surface area contributed by atoms with Gasteiger partial charge in [-0.15, -0.1) is 0 Å². The van der Waals surface area contributed by atoms with E-state index in [2.05, 4.69) is 37.3 Å². The number of fused-ring (bicyclic) bond motifs is 6. The molecule has 22 heavy (non-hydrogen) atoms. The Morgan fingerprint density at radius 1 is 0.955 bits per heavy atom. The lowest BCUT2D eigenvalue weighted by atomic mass is 9.83. The zero-order chi connectivity index (χ0) is 15.0. The Morgan fingerprint density at radius 3 is 2.64 bits per heavy atom. The second-order valence-corrected chi connectivity index (χ2v) is 6.34. The first kappa shape index (κ1) is 12.6. The predicted molar refractivity (Wildman–Crippen MR) is 84.8 cm³/mol. The van der Waals surface area contributed by atoms with Gasteiger partial charge in [0, 0.05) is 0 Å². The Bertz CT molecular complexity index is 931. The van der Waals surface area contributed by atoms with Crippen LogP contribution in [-0.4, -0.2) is 22.4 Å². The lowest BCUT2D eigenvalue weighted by Gasteiger charge is -2.25. The minimum atomic E-state index is -0.866. The van der Waals surface area contributed by atoms with Crippen LogP contribution in [0.5, 0.6) is 0 Å². The molecule has 5 rings (SSSR count). The smallest absolute Gasteiger partial charge is 0.118 e. The maximum Gasteiger partial charge on any atom is 0.118 e. The van der Waals surface area contributed by atoms with Gasteiger partial charge < -0.3 is 14.9 Å². The summed E-state index contributed by atoms with van der Waals surface area (Å²) in [6.07, 6.45) is -2.04. The van der Waals surface area contributed by atoms with Crippen molar-refractivity contribution in [1.82, 2.24) is 0 Å². The van der Waals surface area contributed by atoms with Crippen LogP contribution in [0.25, 0.3) is 21.5 Å². The lowest BCUT2D eigenvalue weighted by molar-refractivity contribution is 0.000105. The van der Waals surface area contributed by atoms with Gasteiger partial charge in [0.15, 0.2) is 0 Å². The maximum absolute atomic E-state index is 10.3. The van der Waals surface area contributed by atoms with Crippen molar-refractivity contribution in [2.24, 2.45) is 0 Å². The summed E-state index contributed by atoms with van der Waals surface area (Å²) in [5, 5.41) is 25.2. The average molecular weight is 292 g/mol. The predicted octanol–water partition coefficient (Wildman–Crippen LogP) is 3.15. The zero-order valence-corrected chi connectivity index (χ0v) is 12.2. The number of aryl methyl sites for hydroxylation is 1. The molecule has 0 spiro atoms. The standard InChI is InChI=1S/C19H16O3/c1-9-11-5-3-2-4-10(11)8-14-12(9)6-7-13-15(14)18-19(22-18)17(21)16(13)20/h2-8,16-21H,1H3/t16?,17?,18-,19-/m0/s1. The summed E-state index contributed by atoms with van der Waals surface area (Å²) < 4.78 is 5.64. The van der Waals surface area contributed by atoms with Crippen LogP contribution in [0.15, 0.2) is 42.5 Å². The molecule has 110 valence electrons. The van der Waals surface area contributed by atoms with Crippen LogP contribution in [0.4, 0.5) is 0 Å². The first-order valence-corrected chi connectivity index (χ1v) is 7.63. The maximum atomic E-state index is 10.3. The molecule has 2 unspecified atom stereocenters. The van der Waals surface area contributed by atoms with Crippen molar-refractivity contribution >= 4 is 21.5 Å². The number of hydrogen-bond donors (Lipinski definition) is 2. The molecule has 0 bridgehead atoms. The van der Waals surface area contributed by atoms with Gasteiger partial charge in [-0.1, -0.05) is 36.4 Å². The third kappa shape index (κ3) is 1.46. The Kier molecular flexibility index (Phi) is 2.33. The van der Waals surface area contributed by atoms with Crippen LogP contribution in [0.2, 0.25) is 0 Å². The van der Waals surface area contributed by atoms with Crippen LogP contribution >= 0.6 is 0 Å². The van der Waals surface area contributed by atoms with Gasteiger partial charge in [0.2, 0.25) is 0 Å². The van der Waals surface area contributed by atoms with Gasteiger partial charge >= 0.3 is 0 Å². The molecule has 1 saturated heterocycles. The summed E-state index contributed by atoms with van der Waals surface area (Å²) in [5.74, 6) is 0. The van der Waals surface area contributed by atoms with Gasteiger partial charge in [0.05, 0.1) is 0 Å². The molecule has 4 atom stereocenters. The molecule has 2 N–H and O–H groups in total. The van der Waals surface area contributed by atoms with Gasteiger partial charge in [-0.05, 0) is 51.2 Å². The van der Waals surface area contributed by atoms with Gasteiger partial charge in [0.25, 0.3) is 0 Å². The van der Waals surface area contributed by atoms with Crippen LogP contribution in [0.3, 0.4) is 0 Å². The highest BCUT2D eigenvalue weighted by atomic mass is 16.6. The molecule has 1 fully saturated rings. The second kappa shape index (κ2) is 4.07. The third-order valence-corrected chi connectivity index (χ3v) is 5.18. The molecule has 1 aliphatic carbocycles. The summed E-state index contributed by atoms with van der Waals surface area (Å²) in [6.45, 7) is 2.14. The first-order valence-electron chi connectivity index (χ1n) is 7.63. The number of hydrogen-bond acceptors (Lipinski definition) is 3. The van der Waals surface area contributed by atoms with Crippen molar-refractivity contribution in [3.8, 4) is 0 Å². The Labute approximate surface area is 127 Å². The van der Waals surface area contributed by atoms with E-state index in [-0.39, 0.29) is 12.2 Å². The molecule has 0 aromatic heterocycles. The highest BCUT2D eigenvalue weighted by Crippen LogP contribution is 2.53. The van der Waals surface area contributed by atoms with Gasteiger partial charge in [-0.2, -0.15) is 0 Å². The Hall–Kier alpha value is -1.94. The minimum Gasteiger partial charge on any atom is -0.387 e. The van der Waals surface area contributed by atoms with Crippen molar-refractivity contribution in [2.45, 2.75) is 31.3 Å². The summed E-state index contributed by atoms with van der Waals surface area (Å²) in [7, 11) is 0. The molecule has 1 aliphatic heterocycles. The summed E-state index contributed by atoms with van der Waals surface area (Å²) in [6, 6.07) is 14.5. The first-order chi connectivity index (χ1) is 10.7. The quantitative estimate of drug-likeness (QED) is 0.494. The summed E-state index contributed by atoms with van der Waals surface area (Å²) in [5.41, 5.74) is 3.09. The van der Waals surface area contributed by atoms with E-state index in [0.29, 0.717) is 0 Å². The van der Waals surface area contributed by atoms with E-state index in [1.165, 1.54) is 21.7 Å². The van der Waals surface area contributed by atoms with E-state index in [1.54, 1.807) is 0 Å². The molecule has 3 heteroatoms. The van der Waals surface area contributed by atoms with Crippen LogP contribution in [-0.2, 0) is 4.74 Å². The monoisotopic (exact) mass is 292 g/mol. The topological polar surface area (TPSA) is 53.0 Å². The normalized spacial score (nSPS) is 29.4. The second-order valence-electron chi connectivity index (χ2n) is 6.34. The van der Waals surface area contributed by atoms with Crippen molar-refractivity contribution in [3.63, 3.8) is 0 Å². The number of rotatable bonds is 0. The van der Waals surface area contributed by atoms with Crippen molar-refractivity contribution in [2.75, 3.05) is 0 Å².